The van der Waals surface area contributed by atoms with Gasteiger partial charge in [0.2, 0.25) is 0 Å². The molecular formula is C18H19NO3. The Kier molecular flexibility index (Phi) is 4.31. The van der Waals surface area contributed by atoms with Crippen LogP contribution in [0.4, 0.5) is 5.69 Å². The maximum absolute atomic E-state index is 12.2. The van der Waals surface area contributed by atoms with Crippen molar-refractivity contribution >= 4 is 17.6 Å². The number of aromatic carboxylic acids is 1. The summed E-state index contributed by atoms with van der Waals surface area (Å²) in [5.74, 6) is -1.39. The fourth-order valence-electron chi connectivity index (χ4n) is 2.08. The monoisotopic (exact) mass is 297 g/mol. The van der Waals surface area contributed by atoms with Crippen LogP contribution in [-0.4, -0.2) is 17.0 Å². The normalized spacial score (nSPS) is 11.0. The topological polar surface area (TPSA) is 66.4 Å². The molecule has 2 aromatic rings. The molecule has 1 amide bonds. The van der Waals surface area contributed by atoms with Gasteiger partial charge >= 0.3 is 5.97 Å². The molecule has 0 saturated heterocycles. The molecule has 2 rings (SSSR count). The van der Waals surface area contributed by atoms with Crippen molar-refractivity contribution in [1.29, 1.82) is 0 Å². The molecule has 0 saturated carbocycles. The lowest BCUT2D eigenvalue weighted by molar-refractivity contribution is 0.0698. The lowest BCUT2D eigenvalue weighted by Gasteiger charge is -2.21. The summed E-state index contributed by atoms with van der Waals surface area (Å²) in [5, 5.41) is 12.0. The quantitative estimate of drug-likeness (QED) is 0.902. The Labute approximate surface area is 129 Å². The van der Waals surface area contributed by atoms with E-state index in [0.29, 0.717) is 11.3 Å². The van der Waals surface area contributed by atoms with Crippen LogP contribution in [0.5, 0.6) is 0 Å². The molecule has 0 fully saturated rings. The molecule has 0 aliphatic heterocycles. The summed E-state index contributed by atoms with van der Waals surface area (Å²) in [5.41, 5.74) is 1.70. The second kappa shape index (κ2) is 6.02. The largest absolute Gasteiger partial charge is 0.478 e. The molecule has 0 spiro atoms. The van der Waals surface area contributed by atoms with Crippen LogP contribution in [0.1, 0.15) is 47.1 Å². The van der Waals surface area contributed by atoms with E-state index >= 15 is 0 Å². The number of nitrogens with one attached hydrogen (secondary N) is 1. The average Bonchev–Trinajstić information content (AvgIpc) is 2.47. The molecule has 0 unspecified atom stereocenters. The number of carbonyl (C=O) groups excluding carboxylic acids is 1. The van der Waals surface area contributed by atoms with E-state index < -0.39 is 5.97 Å². The molecule has 2 N–H and O–H groups in total. The number of anilines is 1. The van der Waals surface area contributed by atoms with Gasteiger partial charge in [0.1, 0.15) is 0 Å². The lowest BCUT2D eigenvalue weighted by Crippen LogP contribution is -2.17. The van der Waals surface area contributed by atoms with Crippen molar-refractivity contribution < 1.29 is 14.7 Å². The van der Waals surface area contributed by atoms with Crippen LogP contribution >= 0.6 is 0 Å². The van der Waals surface area contributed by atoms with Gasteiger partial charge in [-0.2, -0.15) is 0 Å². The van der Waals surface area contributed by atoms with E-state index in [1.165, 1.54) is 6.07 Å². The Balaban J connectivity index is 2.39. The first-order chi connectivity index (χ1) is 10.3. The Morgan fingerprint density at radius 2 is 1.64 bits per heavy atom. The van der Waals surface area contributed by atoms with Crippen LogP contribution in [0.15, 0.2) is 48.5 Å². The Hall–Kier alpha value is -2.62. The van der Waals surface area contributed by atoms with Gasteiger partial charge in [-0.25, -0.2) is 4.79 Å². The Morgan fingerprint density at radius 3 is 2.18 bits per heavy atom. The van der Waals surface area contributed by atoms with Crippen LogP contribution < -0.4 is 5.32 Å². The number of rotatable bonds is 3. The van der Waals surface area contributed by atoms with Gasteiger partial charge in [-0.3, -0.25) is 4.79 Å². The van der Waals surface area contributed by atoms with Gasteiger partial charge in [0.25, 0.3) is 5.91 Å². The Morgan fingerprint density at radius 1 is 1.00 bits per heavy atom. The van der Waals surface area contributed by atoms with E-state index in [4.69, 9.17) is 0 Å². The zero-order valence-corrected chi connectivity index (χ0v) is 12.9. The molecule has 4 nitrogen and oxygen atoms in total. The highest BCUT2D eigenvalue weighted by Gasteiger charge is 2.19. The predicted molar refractivity (Wildman–Crippen MR) is 86.5 cm³/mol. The highest BCUT2D eigenvalue weighted by atomic mass is 16.4. The number of hydrogen-bond donors (Lipinski definition) is 2. The van der Waals surface area contributed by atoms with E-state index in [9.17, 15) is 14.7 Å². The third kappa shape index (κ3) is 3.52. The molecule has 0 radical (unpaired) electrons. The molecule has 2 aromatic carbocycles. The van der Waals surface area contributed by atoms with Crippen LogP contribution in [0.3, 0.4) is 0 Å². The number of carboxylic acid groups (broad SMARTS) is 1. The second-order valence-corrected chi connectivity index (χ2v) is 6.14. The van der Waals surface area contributed by atoms with E-state index in [1.807, 2.05) is 26.8 Å². The summed E-state index contributed by atoms with van der Waals surface area (Å²) < 4.78 is 0. The number of hydrogen-bond acceptors (Lipinski definition) is 2. The van der Waals surface area contributed by atoms with E-state index in [0.717, 1.165) is 5.56 Å². The third-order valence-electron chi connectivity index (χ3n) is 3.40. The maximum Gasteiger partial charge on any atom is 0.337 e. The minimum atomic E-state index is -1.07. The highest BCUT2D eigenvalue weighted by molar-refractivity contribution is 6.07. The molecule has 0 aromatic heterocycles. The van der Waals surface area contributed by atoms with Gasteiger partial charge in [0.15, 0.2) is 0 Å². The molecule has 4 heteroatoms. The van der Waals surface area contributed by atoms with Gasteiger partial charge in [0, 0.05) is 5.56 Å². The van der Waals surface area contributed by atoms with E-state index in [-0.39, 0.29) is 16.9 Å². The van der Waals surface area contributed by atoms with E-state index in [1.54, 1.807) is 36.4 Å². The first-order valence-electron chi connectivity index (χ1n) is 7.03. The molecule has 0 bridgehead atoms. The molecule has 0 aliphatic rings. The third-order valence-corrected chi connectivity index (χ3v) is 3.40. The summed E-state index contributed by atoms with van der Waals surface area (Å²) in [6, 6.07) is 13.7. The Bertz CT molecular complexity index is 700. The molecule has 22 heavy (non-hydrogen) atoms. The summed E-state index contributed by atoms with van der Waals surface area (Å²) in [6.45, 7) is 6.10. The summed E-state index contributed by atoms with van der Waals surface area (Å²) in [4.78, 5) is 23.6. The summed E-state index contributed by atoms with van der Waals surface area (Å²) in [7, 11) is 0. The first-order valence-corrected chi connectivity index (χ1v) is 7.03. The SMILES string of the molecule is CC(C)(C)c1ccc(C(=O)O)c(NC(=O)c2ccccc2)c1. The summed E-state index contributed by atoms with van der Waals surface area (Å²) >= 11 is 0. The van der Waals surface area contributed by atoms with Crippen LogP contribution in [0, 0.1) is 0 Å². The zero-order chi connectivity index (χ0) is 16.3. The lowest BCUT2D eigenvalue weighted by atomic mass is 9.86. The van der Waals surface area contributed by atoms with Crippen molar-refractivity contribution in [3.63, 3.8) is 0 Å². The summed E-state index contributed by atoms with van der Waals surface area (Å²) in [6.07, 6.45) is 0. The second-order valence-electron chi connectivity index (χ2n) is 6.14. The number of benzene rings is 2. The molecular weight excluding hydrogens is 278 g/mol. The van der Waals surface area contributed by atoms with Crippen molar-refractivity contribution in [3.8, 4) is 0 Å². The maximum atomic E-state index is 12.2. The number of amides is 1. The fourth-order valence-corrected chi connectivity index (χ4v) is 2.08. The standard InChI is InChI=1S/C18H19NO3/c1-18(2,3)13-9-10-14(17(21)22)15(11-13)19-16(20)12-7-5-4-6-8-12/h4-11H,1-3H3,(H,19,20)(H,21,22). The van der Waals surface area contributed by atoms with Crippen LogP contribution in [0.2, 0.25) is 0 Å². The van der Waals surface area contributed by atoms with Crippen molar-refractivity contribution in [2.75, 3.05) is 5.32 Å². The van der Waals surface area contributed by atoms with Crippen molar-refractivity contribution in [1.82, 2.24) is 0 Å². The molecule has 0 atom stereocenters. The van der Waals surface area contributed by atoms with E-state index in [2.05, 4.69) is 5.32 Å². The van der Waals surface area contributed by atoms with Gasteiger partial charge in [0.05, 0.1) is 11.3 Å². The predicted octanol–water partition coefficient (Wildman–Crippen LogP) is 3.93. The molecule has 0 heterocycles. The molecule has 114 valence electrons. The van der Waals surface area contributed by atoms with Gasteiger partial charge in [-0.05, 0) is 35.2 Å². The van der Waals surface area contributed by atoms with Crippen molar-refractivity contribution in [2.45, 2.75) is 26.2 Å². The van der Waals surface area contributed by atoms with Crippen LogP contribution in [0.25, 0.3) is 0 Å². The fraction of sp³-hybridized carbons (Fsp3) is 0.222. The minimum Gasteiger partial charge on any atom is -0.478 e. The number of carboxylic acids is 1. The van der Waals surface area contributed by atoms with Crippen molar-refractivity contribution in [3.05, 3.63) is 65.2 Å². The zero-order valence-electron chi connectivity index (χ0n) is 12.9. The molecule has 0 aliphatic carbocycles. The van der Waals surface area contributed by atoms with Crippen molar-refractivity contribution in [2.24, 2.45) is 0 Å². The average molecular weight is 297 g/mol. The number of carbonyl (C=O) groups is 2. The smallest absolute Gasteiger partial charge is 0.337 e. The minimum absolute atomic E-state index is 0.0808. The van der Waals surface area contributed by atoms with Gasteiger partial charge in [-0.1, -0.05) is 45.0 Å². The first kappa shape index (κ1) is 15.8. The highest BCUT2D eigenvalue weighted by Crippen LogP contribution is 2.27. The van der Waals surface area contributed by atoms with Gasteiger partial charge in [-0.15, -0.1) is 0 Å². The van der Waals surface area contributed by atoms with Gasteiger partial charge < -0.3 is 10.4 Å². The van der Waals surface area contributed by atoms with Crippen LogP contribution in [-0.2, 0) is 5.41 Å².